The molecule has 0 radical (unpaired) electrons. The van der Waals surface area contributed by atoms with Crippen LogP contribution in [0.15, 0.2) is 115 Å². The molecule has 1 nitrogen and oxygen atoms in total. The largest absolute Gasteiger partial charge is 0.457 e. The summed E-state index contributed by atoms with van der Waals surface area (Å²) < 4.78 is 5.63. The third-order valence-corrected chi connectivity index (χ3v) is 3.88. The van der Waals surface area contributed by atoms with Crippen molar-refractivity contribution in [1.82, 2.24) is 0 Å². The minimum Gasteiger partial charge on any atom is -0.457 e. The Hall–Kier alpha value is -3.32. The molecule has 0 aliphatic rings. The van der Waals surface area contributed by atoms with Gasteiger partial charge >= 0.3 is 0 Å². The van der Waals surface area contributed by atoms with Crippen molar-refractivity contribution in [2.75, 3.05) is 0 Å². The number of hydrogen-bond donors (Lipinski definition) is 0. The van der Waals surface area contributed by atoms with Crippen LogP contribution in [0.4, 0.5) is 0 Å². The van der Waals surface area contributed by atoms with E-state index in [1.807, 2.05) is 91.0 Å². The molecule has 0 spiro atoms. The van der Waals surface area contributed by atoms with Crippen LogP contribution < -0.4 is 4.74 Å². The molecular weight excluding hydrogens is 340 g/mol. The first kappa shape index (κ1) is 21.0. The van der Waals surface area contributed by atoms with Crippen molar-refractivity contribution < 1.29 is 4.74 Å². The summed E-state index contributed by atoms with van der Waals surface area (Å²) in [5.74, 6) is 1.75. The average Bonchev–Trinajstić information content (AvgIpc) is 2.73. The van der Waals surface area contributed by atoms with Crippen LogP contribution in [0.3, 0.4) is 0 Å². The summed E-state index contributed by atoms with van der Waals surface area (Å²) in [5, 5.41) is 0. The predicted molar refractivity (Wildman–Crippen MR) is 120 cm³/mol. The summed E-state index contributed by atoms with van der Waals surface area (Å²) in [6.07, 6.45) is 0. The smallest absolute Gasteiger partial charge is 0.127 e. The Morgan fingerprint density at radius 1 is 0.357 bits per heavy atom. The van der Waals surface area contributed by atoms with Crippen LogP contribution in [0, 0.1) is 20.8 Å². The second-order valence-electron chi connectivity index (χ2n) is 6.54. The molecule has 0 aliphatic carbocycles. The fraction of sp³-hybridized carbons (Fsp3) is 0.111. The number of aryl methyl sites for hydroxylation is 3. The molecule has 4 aromatic carbocycles. The van der Waals surface area contributed by atoms with Gasteiger partial charge in [-0.1, -0.05) is 108 Å². The third-order valence-electron chi connectivity index (χ3n) is 3.88. The van der Waals surface area contributed by atoms with Crippen molar-refractivity contribution in [2.24, 2.45) is 0 Å². The predicted octanol–water partition coefficient (Wildman–Crippen LogP) is 7.78. The lowest BCUT2D eigenvalue weighted by Crippen LogP contribution is -1.82. The standard InChI is InChI=1S/C13H12O.2C7H8/c1-11-7-9-13(10-8-11)14-12-5-3-2-4-6-12;2*1-7-5-3-2-4-6-7/h2-10H,1H3;2*2-6H,1H3. The average molecular weight is 369 g/mol. The van der Waals surface area contributed by atoms with Gasteiger partial charge in [-0.15, -0.1) is 0 Å². The van der Waals surface area contributed by atoms with Crippen LogP contribution >= 0.6 is 0 Å². The Morgan fingerprint density at radius 2 is 0.679 bits per heavy atom. The molecular formula is C27H28O. The molecule has 0 fully saturated rings. The summed E-state index contributed by atoms with van der Waals surface area (Å²) in [6.45, 7) is 6.23. The Morgan fingerprint density at radius 3 is 1.04 bits per heavy atom. The topological polar surface area (TPSA) is 9.23 Å². The van der Waals surface area contributed by atoms with E-state index < -0.39 is 0 Å². The van der Waals surface area contributed by atoms with Gasteiger partial charge in [0, 0.05) is 0 Å². The molecule has 4 aromatic rings. The van der Waals surface area contributed by atoms with E-state index in [1.165, 1.54) is 16.7 Å². The van der Waals surface area contributed by atoms with Crippen LogP contribution in [-0.4, -0.2) is 0 Å². The van der Waals surface area contributed by atoms with E-state index in [0.29, 0.717) is 0 Å². The van der Waals surface area contributed by atoms with Gasteiger partial charge in [0.2, 0.25) is 0 Å². The molecule has 0 atom stereocenters. The maximum Gasteiger partial charge on any atom is 0.127 e. The molecule has 0 saturated heterocycles. The van der Waals surface area contributed by atoms with Crippen molar-refractivity contribution >= 4 is 0 Å². The highest BCUT2D eigenvalue weighted by molar-refractivity contribution is 5.32. The first-order chi connectivity index (χ1) is 13.6. The number of ether oxygens (including phenoxy) is 1. The molecule has 0 bridgehead atoms. The fourth-order valence-electron chi connectivity index (χ4n) is 2.30. The van der Waals surface area contributed by atoms with Crippen molar-refractivity contribution in [3.8, 4) is 11.5 Å². The lowest BCUT2D eigenvalue weighted by Gasteiger charge is -2.04. The quantitative estimate of drug-likeness (QED) is 0.351. The summed E-state index contributed by atoms with van der Waals surface area (Å²) in [4.78, 5) is 0. The Bertz CT molecular complexity index is 846. The molecule has 142 valence electrons. The van der Waals surface area contributed by atoms with Gasteiger partial charge in [0.1, 0.15) is 11.5 Å². The first-order valence-corrected chi connectivity index (χ1v) is 9.46. The Balaban J connectivity index is 0.000000168. The van der Waals surface area contributed by atoms with Crippen molar-refractivity contribution in [1.29, 1.82) is 0 Å². The number of benzene rings is 4. The fourth-order valence-corrected chi connectivity index (χ4v) is 2.30. The van der Waals surface area contributed by atoms with E-state index in [1.54, 1.807) is 0 Å². The first-order valence-electron chi connectivity index (χ1n) is 9.46. The van der Waals surface area contributed by atoms with Crippen LogP contribution in [0.2, 0.25) is 0 Å². The van der Waals surface area contributed by atoms with E-state index in [-0.39, 0.29) is 0 Å². The SMILES string of the molecule is Cc1ccc(Oc2ccccc2)cc1.Cc1ccccc1.Cc1ccccc1. The van der Waals surface area contributed by atoms with Crippen molar-refractivity contribution in [2.45, 2.75) is 20.8 Å². The Kier molecular flexibility index (Phi) is 9.10. The lowest BCUT2D eigenvalue weighted by molar-refractivity contribution is 0.482. The molecule has 0 heterocycles. The molecule has 0 aromatic heterocycles. The van der Waals surface area contributed by atoms with Gasteiger partial charge in [-0.2, -0.15) is 0 Å². The lowest BCUT2D eigenvalue weighted by atomic mass is 10.2. The Labute approximate surface area is 169 Å². The van der Waals surface area contributed by atoms with Crippen LogP contribution in [0.25, 0.3) is 0 Å². The summed E-state index contributed by atoms with van der Waals surface area (Å²) in [5.41, 5.74) is 3.88. The normalized spacial score (nSPS) is 9.25. The highest BCUT2D eigenvalue weighted by atomic mass is 16.5. The van der Waals surface area contributed by atoms with Gasteiger partial charge in [-0.3, -0.25) is 0 Å². The third kappa shape index (κ3) is 8.86. The van der Waals surface area contributed by atoms with Crippen molar-refractivity contribution in [3.63, 3.8) is 0 Å². The molecule has 28 heavy (non-hydrogen) atoms. The van der Waals surface area contributed by atoms with E-state index >= 15 is 0 Å². The van der Waals surface area contributed by atoms with Gasteiger partial charge in [0.25, 0.3) is 0 Å². The minimum absolute atomic E-state index is 0.872. The number of hydrogen-bond acceptors (Lipinski definition) is 1. The van der Waals surface area contributed by atoms with Gasteiger partial charge in [0.05, 0.1) is 0 Å². The second kappa shape index (κ2) is 12.1. The second-order valence-corrected chi connectivity index (χ2v) is 6.54. The molecule has 0 aliphatic heterocycles. The summed E-state index contributed by atoms with van der Waals surface area (Å²) in [6, 6.07) is 38.3. The number of para-hydroxylation sites is 1. The molecule has 0 unspecified atom stereocenters. The number of rotatable bonds is 2. The maximum absolute atomic E-state index is 5.63. The van der Waals surface area contributed by atoms with Gasteiger partial charge in [-0.25, -0.2) is 0 Å². The summed E-state index contributed by atoms with van der Waals surface area (Å²) >= 11 is 0. The monoisotopic (exact) mass is 368 g/mol. The zero-order valence-corrected chi connectivity index (χ0v) is 16.9. The van der Waals surface area contributed by atoms with E-state index in [4.69, 9.17) is 4.74 Å². The van der Waals surface area contributed by atoms with Crippen LogP contribution in [0.5, 0.6) is 11.5 Å². The van der Waals surface area contributed by atoms with E-state index in [0.717, 1.165) is 11.5 Å². The van der Waals surface area contributed by atoms with E-state index in [2.05, 4.69) is 45.0 Å². The summed E-state index contributed by atoms with van der Waals surface area (Å²) in [7, 11) is 0. The van der Waals surface area contributed by atoms with Crippen LogP contribution in [-0.2, 0) is 0 Å². The molecule has 0 N–H and O–H groups in total. The molecule has 4 rings (SSSR count). The molecule has 0 amide bonds. The molecule has 1 heteroatoms. The van der Waals surface area contributed by atoms with Gasteiger partial charge in [-0.05, 0) is 45.0 Å². The van der Waals surface area contributed by atoms with Crippen LogP contribution in [0.1, 0.15) is 16.7 Å². The zero-order valence-electron chi connectivity index (χ0n) is 16.9. The van der Waals surface area contributed by atoms with Gasteiger partial charge < -0.3 is 4.74 Å². The van der Waals surface area contributed by atoms with Gasteiger partial charge in [0.15, 0.2) is 0 Å². The zero-order chi connectivity index (χ0) is 20.0. The minimum atomic E-state index is 0.872. The maximum atomic E-state index is 5.63. The van der Waals surface area contributed by atoms with E-state index in [9.17, 15) is 0 Å². The highest BCUT2D eigenvalue weighted by Gasteiger charge is 1.94. The molecule has 0 saturated carbocycles. The van der Waals surface area contributed by atoms with Crippen molar-refractivity contribution in [3.05, 3.63) is 132 Å². The highest BCUT2D eigenvalue weighted by Crippen LogP contribution is 2.20.